The fourth-order valence-electron chi connectivity index (χ4n) is 3.63. The highest BCUT2D eigenvalue weighted by Crippen LogP contribution is 2.22. The lowest BCUT2D eigenvalue weighted by molar-refractivity contribution is 0.100. The maximum absolute atomic E-state index is 12.8. The van der Waals surface area contributed by atoms with E-state index in [1.165, 1.54) is 4.52 Å². The molecule has 3 heterocycles. The summed E-state index contributed by atoms with van der Waals surface area (Å²) in [6, 6.07) is 18.9. The number of pyridine rings is 1. The van der Waals surface area contributed by atoms with E-state index in [9.17, 15) is 9.59 Å². The molecule has 2 aromatic carbocycles. The van der Waals surface area contributed by atoms with E-state index in [-0.39, 0.29) is 16.9 Å². The van der Waals surface area contributed by atoms with Crippen LogP contribution < -0.4 is 17.0 Å². The number of nitrogens with zero attached hydrogens (tertiary/aromatic N) is 4. The minimum absolute atomic E-state index is 0.0591. The van der Waals surface area contributed by atoms with Crippen molar-refractivity contribution in [2.24, 2.45) is 5.73 Å². The molecule has 0 unspecified atom stereocenters. The lowest BCUT2D eigenvalue weighted by atomic mass is 10.1. The van der Waals surface area contributed by atoms with Gasteiger partial charge in [-0.15, -0.1) is 5.10 Å². The Kier molecular flexibility index (Phi) is 6.10. The number of rotatable bonds is 3. The molecule has 0 saturated heterocycles. The van der Waals surface area contributed by atoms with Crippen molar-refractivity contribution >= 4 is 39.7 Å². The molecule has 0 atom stereocenters. The molecule has 33 heavy (non-hydrogen) atoms. The number of amides is 1. The van der Waals surface area contributed by atoms with E-state index in [0.29, 0.717) is 16.1 Å². The van der Waals surface area contributed by atoms with Crippen LogP contribution in [0.4, 0.5) is 5.82 Å². The van der Waals surface area contributed by atoms with Crippen LogP contribution in [-0.2, 0) is 6.42 Å². The number of para-hydroxylation sites is 1. The number of nitrogen functional groups attached to an aromatic ring is 1. The number of primary amides is 1. The van der Waals surface area contributed by atoms with Crippen molar-refractivity contribution in [3.05, 3.63) is 99.7 Å². The van der Waals surface area contributed by atoms with Crippen molar-refractivity contribution in [3.8, 4) is 5.69 Å². The number of fused-ring (bicyclic) bond motifs is 2. The molecule has 0 saturated carbocycles. The van der Waals surface area contributed by atoms with Crippen molar-refractivity contribution in [2.45, 2.75) is 13.3 Å². The van der Waals surface area contributed by atoms with Crippen LogP contribution in [0.15, 0.2) is 77.9 Å². The number of aryl methyl sites for hydroxylation is 1. The minimum Gasteiger partial charge on any atom is -0.381 e. The Balaban J connectivity index is 0.000000172. The van der Waals surface area contributed by atoms with Crippen LogP contribution in [0, 0.1) is 0 Å². The third-order valence-corrected chi connectivity index (χ3v) is 5.43. The summed E-state index contributed by atoms with van der Waals surface area (Å²) in [6.07, 6.45) is 3.97. The van der Waals surface area contributed by atoms with E-state index in [1.54, 1.807) is 29.1 Å². The molecule has 9 heteroatoms. The summed E-state index contributed by atoms with van der Waals surface area (Å²) < 4.78 is 3.16. The molecule has 5 rings (SSSR count). The summed E-state index contributed by atoms with van der Waals surface area (Å²) in [5.41, 5.74) is 12.9. The van der Waals surface area contributed by atoms with E-state index < -0.39 is 5.91 Å². The largest absolute Gasteiger partial charge is 0.381 e. The van der Waals surface area contributed by atoms with E-state index in [4.69, 9.17) is 23.1 Å². The van der Waals surface area contributed by atoms with Gasteiger partial charge in [-0.05, 0) is 42.1 Å². The number of nitrogens with two attached hydrogens (primary N) is 2. The van der Waals surface area contributed by atoms with E-state index >= 15 is 0 Å². The van der Waals surface area contributed by atoms with Crippen molar-refractivity contribution < 1.29 is 4.79 Å². The lowest BCUT2D eigenvalue weighted by Crippen LogP contribution is -2.22. The summed E-state index contributed by atoms with van der Waals surface area (Å²) in [7, 11) is 0. The highest BCUT2D eigenvalue weighted by Gasteiger charge is 2.15. The third-order valence-electron chi connectivity index (χ3n) is 5.12. The molecule has 0 radical (unpaired) electrons. The normalized spacial score (nSPS) is 10.7. The van der Waals surface area contributed by atoms with E-state index in [2.05, 4.69) is 10.1 Å². The van der Waals surface area contributed by atoms with Crippen LogP contribution in [0.25, 0.3) is 22.1 Å². The molecular weight excluding hydrogens is 440 g/mol. The predicted octanol–water partition coefficient (Wildman–Crippen LogP) is 3.62. The molecule has 0 fully saturated rings. The summed E-state index contributed by atoms with van der Waals surface area (Å²) in [4.78, 5) is 27.7. The van der Waals surface area contributed by atoms with Gasteiger partial charge in [-0.1, -0.05) is 48.9 Å². The standard InChI is InChI=1S/C17H14ClNO.C7H7N5O/c1-2-13-11-12-7-6-10-15(18)16(12)17(20)19(13)14-8-4-3-5-9-14;8-5-4(6(9)13)7-10-2-1-3-12(7)11-5/h3-11H,2H2,1H3;1-3H,(H2,8,11)(H2,9,13). The third kappa shape index (κ3) is 4.16. The average Bonchev–Trinajstić information content (AvgIpc) is 3.15. The average molecular weight is 461 g/mol. The monoisotopic (exact) mass is 460 g/mol. The van der Waals surface area contributed by atoms with Crippen LogP contribution >= 0.6 is 11.6 Å². The van der Waals surface area contributed by atoms with Gasteiger partial charge in [-0.2, -0.15) is 0 Å². The van der Waals surface area contributed by atoms with Crippen LogP contribution in [0.5, 0.6) is 0 Å². The number of carbonyl (C=O) groups excluding carboxylic acids is 1. The Morgan fingerprint density at radius 2 is 1.85 bits per heavy atom. The molecule has 166 valence electrons. The van der Waals surface area contributed by atoms with E-state index in [1.807, 2.05) is 55.5 Å². The highest BCUT2D eigenvalue weighted by atomic mass is 35.5. The molecule has 0 spiro atoms. The van der Waals surface area contributed by atoms with Crippen LogP contribution in [0.2, 0.25) is 5.02 Å². The molecule has 0 bridgehead atoms. The fourth-order valence-corrected chi connectivity index (χ4v) is 3.90. The molecule has 3 aromatic heterocycles. The second-order valence-electron chi connectivity index (χ2n) is 7.18. The maximum atomic E-state index is 12.8. The summed E-state index contributed by atoms with van der Waals surface area (Å²) in [5, 5.41) is 5.84. The van der Waals surface area contributed by atoms with Crippen LogP contribution in [0.1, 0.15) is 23.0 Å². The van der Waals surface area contributed by atoms with Gasteiger partial charge < -0.3 is 11.5 Å². The van der Waals surface area contributed by atoms with Crippen molar-refractivity contribution in [2.75, 3.05) is 5.73 Å². The first-order chi connectivity index (χ1) is 15.9. The van der Waals surface area contributed by atoms with Gasteiger partial charge in [0.05, 0.1) is 10.4 Å². The smallest absolute Gasteiger partial charge is 0.264 e. The van der Waals surface area contributed by atoms with Crippen molar-refractivity contribution in [1.82, 2.24) is 19.2 Å². The summed E-state index contributed by atoms with van der Waals surface area (Å²) in [6.45, 7) is 2.05. The molecule has 0 aliphatic rings. The Bertz CT molecular complexity index is 1530. The Hall–Kier alpha value is -4.17. The number of hydrogen-bond acceptors (Lipinski definition) is 5. The first-order valence-electron chi connectivity index (χ1n) is 10.2. The van der Waals surface area contributed by atoms with Gasteiger partial charge in [0.25, 0.3) is 11.5 Å². The molecule has 0 aliphatic carbocycles. The number of hydrogen-bond donors (Lipinski definition) is 2. The van der Waals surface area contributed by atoms with Crippen LogP contribution in [-0.4, -0.2) is 25.1 Å². The summed E-state index contributed by atoms with van der Waals surface area (Å²) >= 11 is 6.20. The van der Waals surface area contributed by atoms with Crippen molar-refractivity contribution in [1.29, 1.82) is 0 Å². The zero-order chi connectivity index (χ0) is 23.5. The van der Waals surface area contributed by atoms with Crippen LogP contribution in [0.3, 0.4) is 0 Å². The first-order valence-corrected chi connectivity index (χ1v) is 10.6. The lowest BCUT2D eigenvalue weighted by Gasteiger charge is -2.14. The second kappa shape index (κ2) is 9.13. The van der Waals surface area contributed by atoms with Gasteiger partial charge in [-0.25, -0.2) is 9.50 Å². The van der Waals surface area contributed by atoms with Gasteiger partial charge in [0, 0.05) is 23.8 Å². The van der Waals surface area contributed by atoms with Gasteiger partial charge in [-0.3, -0.25) is 14.2 Å². The molecule has 0 aliphatic heterocycles. The molecule has 4 N–H and O–H groups in total. The number of anilines is 1. The van der Waals surface area contributed by atoms with Gasteiger partial charge in [0.1, 0.15) is 5.56 Å². The number of aromatic nitrogens is 4. The SMILES string of the molecule is CCc1cc2cccc(Cl)c2c(=O)n1-c1ccccc1.NC(=O)c1c(N)nn2cccnc12. The molecule has 1 amide bonds. The Morgan fingerprint density at radius 1 is 1.09 bits per heavy atom. The summed E-state index contributed by atoms with van der Waals surface area (Å²) in [5.74, 6) is -0.516. The second-order valence-corrected chi connectivity index (χ2v) is 7.59. The first kappa shape index (κ1) is 22.0. The topological polar surface area (TPSA) is 121 Å². The zero-order valence-electron chi connectivity index (χ0n) is 17.8. The number of benzene rings is 2. The van der Waals surface area contributed by atoms with Gasteiger partial charge in [0.15, 0.2) is 11.5 Å². The zero-order valence-corrected chi connectivity index (χ0v) is 18.5. The molecular formula is C24H21ClN6O2. The maximum Gasteiger partial charge on any atom is 0.264 e. The molecule has 5 aromatic rings. The Morgan fingerprint density at radius 3 is 2.55 bits per heavy atom. The molecule has 8 nitrogen and oxygen atoms in total. The quantitative estimate of drug-likeness (QED) is 0.426. The van der Waals surface area contributed by atoms with Gasteiger partial charge >= 0.3 is 0 Å². The van der Waals surface area contributed by atoms with Gasteiger partial charge in [0.2, 0.25) is 0 Å². The highest BCUT2D eigenvalue weighted by molar-refractivity contribution is 6.35. The fraction of sp³-hybridized carbons (Fsp3) is 0.0833. The predicted molar refractivity (Wildman–Crippen MR) is 130 cm³/mol. The Labute approximate surface area is 194 Å². The van der Waals surface area contributed by atoms with Crippen molar-refractivity contribution in [3.63, 3.8) is 0 Å². The number of halogens is 1. The van der Waals surface area contributed by atoms with E-state index in [0.717, 1.165) is 23.2 Å². The number of carbonyl (C=O) groups is 1. The minimum atomic E-state index is -0.619.